The number of amides is 1. The molecule has 0 bridgehead atoms. The first kappa shape index (κ1) is 27.4. The van der Waals surface area contributed by atoms with E-state index in [9.17, 15) is 13.2 Å². The zero-order valence-corrected chi connectivity index (χ0v) is 24.1. The van der Waals surface area contributed by atoms with E-state index in [2.05, 4.69) is 32.4 Å². The number of anilines is 3. The quantitative estimate of drug-likeness (QED) is 0.273. The van der Waals surface area contributed by atoms with Gasteiger partial charge < -0.3 is 10.6 Å². The van der Waals surface area contributed by atoms with E-state index in [-0.39, 0.29) is 5.91 Å². The highest BCUT2D eigenvalue weighted by Crippen LogP contribution is 2.43. The average Bonchev–Trinajstić information content (AvgIpc) is 3.23. The lowest BCUT2D eigenvalue weighted by Gasteiger charge is -2.23. The fraction of sp³-hybridized carbons (Fsp3) is 0.281. The van der Waals surface area contributed by atoms with Gasteiger partial charge in [0.25, 0.3) is 0 Å². The summed E-state index contributed by atoms with van der Waals surface area (Å²) in [5.74, 6) is 7.05. The number of fused-ring (bicyclic) bond motifs is 2. The van der Waals surface area contributed by atoms with Gasteiger partial charge in [-0.25, -0.2) is 18.4 Å². The molecule has 0 unspecified atom stereocenters. The number of nitrogens with zero attached hydrogens (tertiary/aromatic N) is 2. The summed E-state index contributed by atoms with van der Waals surface area (Å²) in [6.45, 7) is 9.31. The number of aryl methyl sites for hydroxylation is 1. The van der Waals surface area contributed by atoms with Crippen molar-refractivity contribution < 1.29 is 13.2 Å². The predicted octanol–water partition coefficient (Wildman–Crippen LogP) is 6.27. The lowest BCUT2D eigenvalue weighted by atomic mass is 9.77. The Morgan fingerprint density at radius 3 is 2.48 bits per heavy atom. The minimum absolute atomic E-state index is 0.0484. The number of hydrogen-bond acceptors (Lipinski definition) is 6. The SMILES string of the molecule is CCC1(CC)C(=O)Nc2cc(C#Cc3nccc4cnc(Nc5ccc(S(=O)(=O)C(C)C)cc5C)cc34)ccc21. The smallest absolute Gasteiger partial charge is 0.235 e. The van der Waals surface area contributed by atoms with Crippen LogP contribution in [0.2, 0.25) is 0 Å². The third-order valence-electron chi connectivity index (χ3n) is 7.81. The first-order chi connectivity index (χ1) is 19.1. The molecule has 0 radical (unpaired) electrons. The molecule has 7 nitrogen and oxygen atoms in total. The van der Waals surface area contributed by atoms with Crippen molar-refractivity contribution in [2.45, 2.75) is 63.0 Å². The lowest BCUT2D eigenvalue weighted by molar-refractivity contribution is -0.121. The van der Waals surface area contributed by atoms with Gasteiger partial charge >= 0.3 is 0 Å². The van der Waals surface area contributed by atoms with Crippen LogP contribution in [0.4, 0.5) is 17.2 Å². The maximum atomic E-state index is 12.7. The fourth-order valence-electron chi connectivity index (χ4n) is 5.19. The number of pyridine rings is 2. The highest BCUT2D eigenvalue weighted by atomic mass is 32.2. The van der Waals surface area contributed by atoms with Gasteiger partial charge in [0, 0.05) is 40.1 Å². The number of rotatable bonds is 6. The number of sulfone groups is 1. The maximum absolute atomic E-state index is 12.7. The Morgan fingerprint density at radius 2 is 1.77 bits per heavy atom. The standard InChI is InChI=1S/C32H32N4O3S/c1-6-32(7-2)26-11-8-22(17-29(26)36-31(32)37)9-12-28-25-18-30(34-19-23(25)14-15-33-28)35-27-13-10-24(16-21(27)5)40(38,39)20(3)4/h8,10-11,13-20H,6-7H2,1-5H3,(H,34,35)(H,36,37). The summed E-state index contributed by atoms with van der Waals surface area (Å²) < 4.78 is 25.1. The van der Waals surface area contributed by atoms with Crippen LogP contribution in [0.3, 0.4) is 0 Å². The van der Waals surface area contributed by atoms with Crippen LogP contribution in [-0.4, -0.2) is 29.5 Å². The minimum Gasteiger partial charge on any atom is -0.340 e. The number of carbonyl (C=O) groups excluding carboxylic acids is 1. The van der Waals surface area contributed by atoms with E-state index in [0.717, 1.165) is 51.7 Å². The Kier molecular flexibility index (Phi) is 7.11. The normalized spacial score (nSPS) is 14.0. The second-order valence-electron chi connectivity index (χ2n) is 10.4. The van der Waals surface area contributed by atoms with Crippen molar-refractivity contribution in [3.8, 4) is 11.8 Å². The summed E-state index contributed by atoms with van der Waals surface area (Å²) in [5, 5.41) is 7.59. The van der Waals surface area contributed by atoms with Crippen molar-refractivity contribution in [1.82, 2.24) is 9.97 Å². The van der Waals surface area contributed by atoms with E-state index >= 15 is 0 Å². The highest BCUT2D eigenvalue weighted by molar-refractivity contribution is 7.92. The van der Waals surface area contributed by atoms with Crippen molar-refractivity contribution in [2.24, 2.45) is 0 Å². The van der Waals surface area contributed by atoms with Crippen molar-refractivity contribution in [3.05, 3.63) is 83.3 Å². The van der Waals surface area contributed by atoms with Crippen LogP contribution in [0.5, 0.6) is 0 Å². The Morgan fingerprint density at radius 1 is 1.00 bits per heavy atom. The molecule has 1 amide bonds. The Hall–Kier alpha value is -4.22. The average molecular weight is 553 g/mol. The summed E-state index contributed by atoms with van der Waals surface area (Å²) in [5.41, 5.74) is 4.35. The van der Waals surface area contributed by atoms with E-state index in [0.29, 0.717) is 16.4 Å². The Bertz CT molecular complexity index is 1810. The molecule has 2 aromatic heterocycles. The maximum Gasteiger partial charge on any atom is 0.235 e. The van der Waals surface area contributed by atoms with E-state index in [4.69, 9.17) is 0 Å². The molecule has 1 aliphatic rings. The Labute approximate surface area is 235 Å². The zero-order valence-electron chi connectivity index (χ0n) is 23.3. The van der Waals surface area contributed by atoms with Crippen molar-refractivity contribution in [1.29, 1.82) is 0 Å². The van der Waals surface area contributed by atoms with Crippen LogP contribution < -0.4 is 10.6 Å². The lowest BCUT2D eigenvalue weighted by Crippen LogP contribution is -2.32. The molecule has 0 saturated heterocycles. The van der Waals surface area contributed by atoms with Crippen LogP contribution >= 0.6 is 0 Å². The van der Waals surface area contributed by atoms with Gasteiger partial charge in [-0.2, -0.15) is 0 Å². The first-order valence-corrected chi connectivity index (χ1v) is 15.0. The van der Waals surface area contributed by atoms with Gasteiger partial charge in [-0.15, -0.1) is 0 Å². The van der Waals surface area contributed by atoms with E-state index in [1.807, 2.05) is 51.1 Å². The molecule has 2 aromatic carbocycles. The molecule has 0 atom stereocenters. The number of hydrogen-bond donors (Lipinski definition) is 2. The number of aromatic nitrogens is 2. The second-order valence-corrected chi connectivity index (χ2v) is 12.9. The van der Waals surface area contributed by atoms with E-state index in [1.54, 1.807) is 44.4 Å². The first-order valence-electron chi connectivity index (χ1n) is 13.4. The Balaban J connectivity index is 1.45. The topological polar surface area (TPSA) is 101 Å². The van der Waals surface area contributed by atoms with Crippen LogP contribution in [0, 0.1) is 18.8 Å². The molecule has 2 N–H and O–H groups in total. The number of nitrogens with one attached hydrogen (secondary N) is 2. The molecule has 1 aliphatic heterocycles. The summed E-state index contributed by atoms with van der Waals surface area (Å²) >= 11 is 0. The molecule has 8 heteroatoms. The van der Waals surface area contributed by atoms with Gasteiger partial charge in [-0.1, -0.05) is 25.8 Å². The van der Waals surface area contributed by atoms with Crippen LogP contribution in [0.25, 0.3) is 10.8 Å². The van der Waals surface area contributed by atoms with Crippen molar-refractivity contribution in [3.63, 3.8) is 0 Å². The highest BCUT2D eigenvalue weighted by Gasteiger charge is 2.43. The van der Waals surface area contributed by atoms with Gasteiger partial charge in [-0.05, 0) is 93.1 Å². The molecule has 5 rings (SSSR count). The zero-order chi connectivity index (χ0) is 28.7. The molecule has 0 saturated carbocycles. The van der Waals surface area contributed by atoms with Gasteiger partial charge in [0.2, 0.25) is 5.91 Å². The largest absolute Gasteiger partial charge is 0.340 e. The predicted molar refractivity (Wildman–Crippen MR) is 160 cm³/mol. The monoisotopic (exact) mass is 552 g/mol. The molecule has 0 spiro atoms. The summed E-state index contributed by atoms with van der Waals surface area (Å²) in [4.78, 5) is 22.1. The van der Waals surface area contributed by atoms with Crippen LogP contribution in [0.15, 0.2) is 65.8 Å². The van der Waals surface area contributed by atoms with E-state index in [1.165, 1.54) is 0 Å². The van der Waals surface area contributed by atoms with Crippen LogP contribution in [-0.2, 0) is 20.0 Å². The van der Waals surface area contributed by atoms with Crippen molar-refractivity contribution in [2.75, 3.05) is 10.6 Å². The molecule has 0 fully saturated rings. The summed E-state index contributed by atoms with van der Waals surface area (Å²) in [7, 11) is -3.36. The molecule has 3 heterocycles. The molecule has 204 valence electrons. The molecule has 0 aliphatic carbocycles. The summed E-state index contributed by atoms with van der Waals surface area (Å²) in [6, 6.07) is 14.7. The molecule has 4 aromatic rings. The number of benzene rings is 2. The summed E-state index contributed by atoms with van der Waals surface area (Å²) in [6.07, 6.45) is 4.97. The molecular weight excluding hydrogens is 520 g/mol. The number of carbonyl (C=O) groups is 1. The minimum atomic E-state index is -3.36. The van der Waals surface area contributed by atoms with Gasteiger partial charge in [0.1, 0.15) is 11.5 Å². The van der Waals surface area contributed by atoms with Gasteiger partial charge in [0.15, 0.2) is 9.84 Å². The van der Waals surface area contributed by atoms with E-state index < -0.39 is 20.5 Å². The van der Waals surface area contributed by atoms with Gasteiger partial charge in [0.05, 0.1) is 15.6 Å². The molecular formula is C32H32N4O3S. The third-order valence-corrected chi connectivity index (χ3v) is 9.96. The van der Waals surface area contributed by atoms with Crippen LogP contribution in [0.1, 0.15) is 62.9 Å². The fourth-order valence-corrected chi connectivity index (χ4v) is 6.33. The third kappa shape index (κ3) is 4.71. The van der Waals surface area contributed by atoms with Gasteiger partial charge in [-0.3, -0.25) is 4.79 Å². The molecule has 40 heavy (non-hydrogen) atoms. The van der Waals surface area contributed by atoms with Crippen molar-refractivity contribution >= 4 is 43.7 Å². The second kappa shape index (κ2) is 10.4.